The fourth-order valence-corrected chi connectivity index (χ4v) is 5.34. The third kappa shape index (κ3) is 6.23. The smallest absolute Gasteiger partial charge is 0.272 e. The van der Waals surface area contributed by atoms with Gasteiger partial charge in [0.2, 0.25) is 5.91 Å². The molecule has 2 aliphatic heterocycles. The molecular weight excluding hydrogens is 424 g/mol. The van der Waals surface area contributed by atoms with Crippen molar-refractivity contribution in [3.63, 3.8) is 0 Å². The molecule has 0 unspecified atom stereocenters. The lowest BCUT2D eigenvalue weighted by molar-refractivity contribution is -0.116. The Kier molecular flexibility index (Phi) is 8.69. The molecule has 3 heterocycles. The molecule has 6 heteroatoms. The van der Waals surface area contributed by atoms with Crippen LogP contribution in [0.25, 0.3) is 0 Å². The highest BCUT2D eigenvalue weighted by molar-refractivity contribution is 5.92. The van der Waals surface area contributed by atoms with Gasteiger partial charge >= 0.3 is 0 Å². The summed E-state index contributed by atoms with van der Waals surface area (Å²) < 4.78 is 0. The first-order valence-electron chi connectivity index (χ1n) is 12.9. The van der Waals surface area contributed by atoms with Gasteiger partial charge in [-0.1, -0.05) is 49.9 Å². The fourth-order valence-electron chi connectivity index (χ4n) is 5.34. The second-order valence-corrected chi connectivity index (χ2v) is 9.63. The van der Waals surface area contributed by atoms with Gasteiger partial charge in [-0.2, -0.15) is 0 Å². The fraction of sp³-hybridized carbons (Fsp3) is 0.536. The molecule has 6 nitrogen and oxygen atoms in total. The van der Waals surface area contributed by atoms with E-state index in [1.807, 2.05) is 28.0 Å². The van der Waals surface area contributed by atoms with E-state index in [0.717, 1.165) is 57.7 Å². The molecule has 2 aromatic rings. The Morgan fingerprint density at radius 2 is 1.50 bits per heavy atom. The lowest BCUT2D eigenvalue weighted by Crippen LogP contribution is -2.47. The van der Waals surface area contributed by atoms with Gasteiger partial charge in [-0.3, -0.25) is 19.5 Å². The van der Waals surface area contributed by atoms with Crippen molar-refractivity contribution in [1.29, 1.82) is 0 Å². The molecule has 0 N–H and O–H groups in total. The number of nitrogens with zero attached hydrogens (tertiary/aromatic N) is 4. The molecule has 1 aromatic carbocycles. The highest BCUT2D eigenvalue weighted by atomic mass is 16.2. The molecule has 2 aliphatic rings. The number of piperidine rings is 1. The predicted octanol–water partition coefficient (Wildman–Crippen LogP) is 4.90. The van der Waals surface area contributed by atoms with Crippen LogP contribution in [0.1, 0.15) is 74.3 Å². The summed E-state index contributed by atoms with van der Waals surface area (Å²) in [6.45, 7) is 5.91. The Hall–Kier alpha value is -2.73. The van der Waals surface area contributed by atoms with Crippen LogP contribution in [0.5, 0.6) is 0 Å². The minimum Gasteiger partial charge on any atom is -0.337 e. The van der Waals surface area contributed by atoms with Crippen LogP contribution in [0.3, 0.4) is 0 Å². The number of pyridine rings is 1. The van der Waals surface area contributed by atoms with E-state index in [4.69, 9.17) is 0 Å². The van der Waals surface area contributed by atoms with Crippen molar-refractivity contribution < 1.29 is 9.59 Å². The van der Waals surface area contributed by atoms with Crippen molar-refractivity contribution in [1.82, 2.24) is 14.8 Å². The van der Waals surface area contributed by atoms with Crippen molar-refractivity contribution in [3.05, 3.63) is 59.9 Å². The van der Waals surface area contributed by atoms with Gasteiger partial charge < -0.3 is 9.80 Å². The van der Waals surface area contributed by atoms with Gasteiger partial charge in [0.1, 0.15) is 5.69 Å². The van der Waals surface area contributed by atoms with E-state index < -0.39 is 0 Å². The summed E-state index contributed by atoms with van der Waals surface area (Å²) in [6, 6.07) is 14.4. The molecule has 0 bridgehead atoms. The minimum absolute atomic E-state index is 0.0337. The van der Waals surface area contributed by atoms with Crippen LogP contribution in [0.2, 0.25) is 0 Å². The molecule has 0 saturated carbocycles. The van der Waals surface area contributed by atoms with Gasteiger partial charge in [0, 0.05) is 51.0 Å². The zero-order valence-corrected chi connectivity index (χ0v) is 20.5. The summed E-state index contributed by atoms with van der Waals surface area (Å²) in [5, 5.41) is 0. The number of rotatable bonds is 2. The molecular formula is C28H38N4O2. The highest BCUT2D eigenvalue weighted by Gasteiger charge is 2.28. The van der Waals surface area contributed by atoms with E-state index >= 15 is 0 Å². The van der Waals surface area contributed by atoms with Crippen LogP contribution in [0, 0.1) is 0 Å². The third-order valence-corrected chi connectivity index (χ3v) is 7.27. The Morgan fingerprint density at radius 1 is 0.824 bits per heavy atom. The average Bonchev–Trinajstić information content (AvgIpc) is 2.89. The van der Waals surface area contributed by atoms with Gasteiger partial charge in [0.25, 0.3) is 5.91 Å². The lowest BCUT2D eigenvalue weighted by Gasteiger charge is -2.39. The van der Waals surface area contributed by atoms with Crippen molar-refractivity contribution in [2.24, 2.45) is 0 Å². The molecule has 2 amide bonds. The van der Waals surface area contributed by atoms with E-state index in [-0.39, 0.29) is 11.8 Å². The SMILES string of the molecule is CC(=O)N1CCCCCCCCN(C2CCN(C(=O)c3ccccn3)CC2)Cc2ccccc21. The van der Waals surface area contributed by atoms with E-state index in [9.17, 15) is 9.59 Å². The quantitative estimate of drug-likeness (QED) is 0.637. The molecule has 0 radical (unpaired) electrons. The molecule has 0 spiro atoms. The number of aromatic nitrogens is 1. The van der Waals surface area contributed by atoms with E-state index in [2.05, 4.69) is 28.1 Å². The van der Waals surface area contributed by atoms with Gasteiger partial charge in [-0.15, -0.1) is 0 Å². The topological polar surface area (TPSA) is 56.8 Å². The van der Waals surface area contributed by atoms with E-state index in [0.29, 0.717) is 11.7 Å². The number of likely N-dealkylation sites (tertiary alicyclic amines) is 1. The Morgan fingerprint density at radius 3 is 2.21 bits per heavy atom. The molecule has 0 atom stereocenters. The second-order valence-electron chi connectivity index (χ2n) is 9.63. The van der Waals surface area contributed by atoms with Crippen LogP contribution in [-0.2, 0) is 11.3 Å². The average molecular weight is 463 g/mol. The first-order valence-corrected chi connectivity index (χ1v) is 12.9. The summed E-state index contributed by atoms with van der Waals surface area (Å²) in [4.78, 5) is 36.1. The summed E-state index contributed by atoms with van der Waals surface area (Å²) in [6.07, 6.45) is 10.8. The number of para-hydroxylation sites is 1. The van der Waals surface area contributed by atoms with Crippen LogP contribution in [0.15, 0.2) is 48.7 Å². The molecule has 1 fully saturated rings. The summed E-state index contributed by atoms with van der Waals surface area (Å²) in [5.74, 6) is 0.154. The lowest BCUT2D eigenvalue weighted by atomic mass is 10.0. The summed E-state index contributed by atoms with van der Waals surface area (Å²) >= 11 is 0. The number of carbonyl (C=O) groups is 2. The number of anilines is 1. The molecule has 34 heavy (non-hydrogen) atoms. The zero-order valence-electron chi connectivity index (χ0n) is 20.5. The minimum atomic E-state index is 0.0337. The Labute approximate surface area is 204 Å². The number of benzene rings is 1. The summed E-state index contributed by atoms with van der Waals surface area (Å²) in [7, 11) is 0. The number of hydrogen-bond donors (Lipinski definition) is 0. The van der Waals surface area contributed by atoms with E-state index in [1.165, 1.54) is 37.7 Å². The summed E-state index contributed by atoms with van der Waals surface area (Å²) in [5.41, 5.74) is 2.81. The molecule has 0 aliphatic carbocycles. The maximum Gasteiger partial charge on any atom is 0.272 e. The molecule has 1 aromatic heterocycles. The standard InChI is InChI=1S/C28H38N4O2/c1-23(33)32-19-11-5-3-2-4-10-18-31(22-24-12-6-7-14-27(24)32)25-15-20-30(21-16-25)28(34)26-13-8-9-17-29-26/h6-9,12-14,17,25H,2-5,10-11,15-16,18-22H2,1H3. The number of fused-ring (bicyclic) bond motifs is 1. The van der Waals surface area contributed by atoms with Crippen LogP contribution in [-0.4, -0.2) is 58.8 Å². The van der Waals surface area contributed by atoms with Crippen molar-refractivity contribution in [3.8, 4) is 0 Å². The van der Waals surface area contributed by atoms with Crippen molar-refractivity contribution in [2.45, 2.75) is 70.9 Å². The molecule has 1 saturated heterocycles. The van der Waals surface area contributed by atoms with Crippen LogP contribution >= 0.6 is 0 Å². The Bertz CT molecular complexity index is 940. The number of amides is 2. The Balaban J connectivity index is 1.48. The molecule has 182 valence electrons. The second kappa shape index (κ2) is 12.1. The monoisotopic (exact) mass is 462 g/mol. The predicted molar refractivity (Wildman–Crippen MR) is 136 cm³/mol. The third-order valence-electron chi connectivity index (χ3n) is 7.27. The van der Waals surface area contributed by atoms with Crippen molar-refractivity contribution in [2.75, 3.05) is 31.1 Å². The van der Waals surface area contributed by atoms with Crippen LogP contribution < -0.4 is 4.90 Å². The van der Waals surface area contributed by atoms with Gasteiger partial charge in [0.15, 0.2) is 0 Å². The van der Waals surface area contributed by atoms with Gasteiger partial charge in [0.05, 0.1) is 0 Å². The molecule has 4 rings (SSSR count). The van der Waals surface area contributed by atoms with Gasteiger partial charge in [-0.25, -0.2) is 0 Å². The largest absolute Gasteiger partial charge is 0.337 e. The van der Waals surface area contributed by atoms with Gasteiger partial charge in [-0.05, 0) is 56.0 Å². The number of carbonyl (C=O) groups excluding carboxylic acids is 2. The maximum absolute atomic E-state index is 12.8. The first-order chi connectivity index (χ1) is 16.6. The first kappa shape index (κ1) is 24.4. The normalized spacial score (nSPS) is 19.4. The van der Waals surface area contributed by atoms with Crippen molar-refractivity contribution >= 4 is 17.5 Å². The highest BCUT2D eigenvalue weighted by Crippen LogP contribution is 2.27. The zero-order chi connectivity index (χ0) is 23.8. The maximum atomic E-state index is 12.8. The van der Waals surface area contributed by atoms with E-state index in [1.54, 1.807) is 19.2 Å². The number of hydrogen-bond acceptors (Lipinski definition) is 4. The van der Waals surface area contributed by atoms with Crippen LogP contribution in [0.4, 0.5) is 5.69 Å².